The molecule has 0 saturated carbocycles. The molecule has 2 aromatic carbocycles. The normalized spacial score (nSPS) is 11.9. The Morgan fingerprint density at radius 3 is 2.42 bits per heavy atom. The first-order valence-electron chi connectivity index (χ1n) is 6.23. The Balaban J connectivity index is 2.16. The monoisotopic (exact) mass is 258 g/mol. The molecule has 1 atom stereocenters. The highest BCUT2D eigenvalue weighted by Gasteiger charge is 2.09. The number of ether oxygens (including phenoxy) is 2. The molecular formula is C16H18O3. The van der Waals surface area contributed by atoms with E-state index in [1.54, 1.807) is 14.0 Å². The van der Waals surface area contributed by atoms with Gasteiger partial charge in [0.1, 0.15) is 6.61 Å². The van der Waals surface area contributed by atoms with Gasteiger partial charge in [-0.3, -0.25) is 0 Å². The summed E-state index contributed by atoms with van der Waals surface area (Å²) in [6.45, 7) is 2.20. The summed E-state index contributed by atoms with van der Waals surface area (Å²) in [6, 6.07) is 15.4. The van der Waals surface area contributed by atoms with Crippen LogP contribution in [-0.4, -0.2) is 12.2 Å². The molecular weight excluding hydrogens is 240 g/mol. The number of hydrogen-bond acceptors (Lipinski definition) is 3. The van der Waals surface area contributed by atoms with Crippen LogP contribution < -0.4 is 9.47 Å². The molecule has 3 nitrogen and oxygen atoms in total. The van der Waals surface area contributed by atoms with Crippen molar-refractivity contribution in [1.82, 2.24) is 0 Å². The Bertz CT molecular complexity index is 521. The molecule has 0 heterocycles. The highest BCUT2D eigenvalue weighted by molar-refractivity contribution is 5.43. The third-order valence-corrected chi connectivity index (χ3v) is 2.91. The molecule has 2 rings (SSSR count). The van der Waals surface area contributed by atoms with Crippen molar-refractivity contribution in [3.63, 3.8) is 0 Å². The van der Waals surface area contributed by atoms with E-state index in [0.717, 1.165) is 11.1 Å². The van der Waals surface area contributed by atoms with Crippen LogP contribution in [0, 0.1) is 0 Å². The van der Waals surface area contributed by atoms with Gasteiger partial charge in [0.2, 0.25) is 0 Å². The predicted octanol–water partition coefficient (Wildman–Crippen LogP) is 3.33. The summed E-state index contributed by atoms with van der Waals surface area (Å²) < 4.78 is 11.0. The molecule has 1 N–H and O–H groups in total. The van der Waals surface area contributed by atoms with Gasteiger partial charge in [-0.05, 0) is 30.2 Å². The average Bonchev–Trinajstić information content (AvgIpc) is 2.45. The van der Waals surface area contributed by atoms with Gasteiger partial charge >= 0.3 is 0 Å². The molecule has 0 aliphatic rings. The second-order valence-electron chi connectivity index (χ2n) is 4.36. The van der Waals surface area contributed by atoms with Crippen molar-refractivity contribution in [1.29, 1.82) is 0 Å². The van der Waals surface area contributed by atoms with Crippen LogP contribution in [0.1, 0.15) is 24.2 Å². The lowest BCUT2D eigenvalue weighted by molar-refractivity contribution is 0.198. The second-order valence-corrected chi connectivity index (χ2v) is 4.36. The van der Waals surface area contributed by atoms with E-state index >= 15 is 0 Å². The zero-order chi connectivity index (χ0) is 13.7. The summed E-state index contributed by atoms with van der Waals surface area (Å²) in [5, 5.41) is 9.60. The summed E-state index contributed by atoms with van der Waals surface area (Å²) in [6.07, 6.45) is -0.523. The van der Waals surface area contributed by atoms with E-state index in [0.29, 0.717) is 18.1 Å². The van der Waals surface area contributed by atoms with E-state index in [4.69, 9.17) is 9.47 Å². The fourth-order valence-corrected chi connectivity index (χ4v) is 1.80. The molecule has 0 aromatic heterocycles. The number of aliphatic hydroxyl groups excluding tert-OH is 1. The molecule has 2 aromatic rings. The minimum absolute atomic E-state index is 0.473. The second kappa shape index (κ2) is 6.25. The van der Waals surface area contributed by atoms with Gasteiger partial charge < -0.3 is 14.6 Å². The van der Waals surface area contributed by atoms with Crippen molar-refractivity contribution in [3.05, 3.63) is 59.7 Å². The van der Waals surface area contributed by atoms with Crippen LogP contribution in [-0.2, 0) is 6.61 Å². The van der Waals surface area contributed by atoms with Crippen molar-refractivity contribution in [2.24, 2.45) is 0 Å². The van der Waals surface area contributed by atoms with Gasteiger partial charge in [-0.1, -0.05) is 36.4 Å². The first kappa shape index (κ1) is 13.4. The quantitative estimate of drug-likeness (QED) is 0.894. The molecule has 0 bridgehead atoms. The highest BCUT2D eigenvalue weighted by Crippen LogP contribution is 2.30. The topological polar surface area (TPSA) is 38.7 Å². The maximum atomic E-state index is 9.60. The SMILES string of the molecule is COc1ccc([C@@H](C)O)cc1OCc1ccccc1. The van der Waals surface area contributed by atoms with E-state index in [9.17, 15) is 5.11 Å². The van der Waals surface area contributed by atoms with Crippen molar-refractivity contribution < 1.29 is 14.6 Å². The van der Waals surface area contributed by atoms with E-state index < -0.39 is 6.10 Å². The number of benzene rings is 2. The first-order chi connectivity index (χ1) is 9.20. The van der Waals surface area contributed by atoms with Gasteiger partial charge in [-0.25, -0.2) is 0 Å². The Morgan fingerprint density at radius 1 is 1.05 bits per heavy atom. The fraction of sp³-hybridized carbons (Fsp3) is 0.250. The van der Waals surface area contributed by atoms with Gasteiger partial charge in [0.05, 0.1) is 13.2 Å². The molecule has 0 amide bonds. The highest BCUT2D eigenvalue weighted by atomic mass is 16.5. The predicted molar refractivity (Wildman–Crippen MR) is 74.4 cm³/mol. The molecule has 0 saturated heterocycles. The first-order valence-corrected chi connectivity index (χ1v) is 6.23. The molecule has 0 fully saturated rings. The summed E-state index contributed by atoms with van der Waals surface area (Å²) in [5.74, 6) is 1.31. The molecule has 19 heavy (non-hydrogen) atoms. The largest absolute Gasteiger partial charge is 0.493 e. The Hall–Kier alpha value is -2.00. The lowest BCUT2D eigenvalue weighted by atomic mass is 10.1. The van der Waals surface area contributed by atoms with Gasteiger partial charge in [0.25, 0.3) is 0 Å². The number of hydrogen-bond donors (Lipinski definition) is 1. The van der Waals surface area contributed by atoms with Crippen molar-refractivity contribution >= 4 is 0 Å². The van der Waals surface area contributed by atoms with Gasteiger partial charge in [0, 0.05) is 0 Å². The Kier molecular flexibility index (Phi) is 4.42. The molecule has 100 valence electrons. The van der Waals surface area contributed by atoms with Gasteiger partial charge in [-0.2, -0.15) is 0 Å². The number of rotatable bonds is 5. The lowest BCUT2D eigenvalue weighted by Gasteiger charge is -2.13. The lowest BCUT2D eigenvalue weighted by Crippen LogP contribution is -1.99. The molecule has 0 spiro atoms. The van der Waals surface area contributed by atoms with Crippen LogP contribution in [0.15, 0.2) is 48.5 Å². The van der Waals surface area contributed by atoms with E-state index in [-0.39, 0.29) is 0 Å². The van der Waals surface area contributed by atoms with Crippen LogP contribution in [0.2, 0.25) is 0 Å². The summed E-state index contributed by atoms with van der Waals surface area (Å²) >= 11 is 0. The molecule has 0 aliphatic heterocycles. The van der Waals surface area contributed by atoms with Crippen molar-refractivity contribution in [2.45, 2.75) is 19.6 Å². The minimum Gasteiger partial charge on any atom is -0.493 e. The maximum absolute atomic E-state index is 9.60. The van der Waals surface area contributed by atoms with E-state index in [2.05, 4.69) is 0 Å². The third kappa shape index (κ3) is 3.48. The standard InChI is InChI=1S/C16H18O3/c1-12(17)14-8-9-15(18-2)16(10-14)19-11-13-6-4-3-5-7-13/h3-10,12,17H,11H2,1-2H3/t12-/m1/s1. The van der Waals surface area contributed by atoms with E-state index in [1.807, 2.05) is 48.5 Å². The van der Waals surface area contributed by atoms with Gasteiger partial charge in [0.15, 0.2) is 11.5 Å². The summed E-state index contributed by atoms with van der Waals surface area (Å²) in [5.41, 5.74) is 1.90. The zero-order valence-electron chi connectivity index (χ0n) is 11.2. The smallest absolute Gasteiger partial charge is 0.162 e. The van der Waals surface area contributed by atoms with Crippen LogP contribution in [0.25, 0.3) is 0 Å². The molecule has 3 heteroatoms. The van der Waals surface area contributed by atoms with Crippen LogP contribution in [0.4, 0.5) is 0 Å². The fourth-order valence-electron chi connectivity index (χ4n) is 1.80. The zero-order valence-corrected chi connectivity index (χ0v) is 11.2. The number of methoxy groups -OCH3 is 1. The van der Waals surface area contributed by atoms with Crippen LogP contribution in [0.5, 0.6) is 11.5 Å². The number of aliphatic hydroxyl groups is 1. The molecule has 0 radical (unpaired) electrons. The van der Waals surface area contributed by atoms with Crippen LogP contribution >= 0.6 is 0 Å². The Labute approximate surface area is 113 Å². The van der Waals surface area contributed by atoms with Crippen LogP contribution in [0.3, 0.4) is 0 Å². The van der Waals surface area contributed by atoms with Crippen molar-refractivity contribution in [2.75, 3.05) is 7.11 Å². The Morgan fingerprint density at radius 2 is 1.79 bits per heavy atom. The third-order valence-electron chi connectivity index (χ3n) is 2.91. The summed E-state index contributed by atoms with van der Waals surface area (Å²) in [7, 11) is 1.60. The average molecular weight is 258 g/mol. The summed E-state index contributed by atoms with van der Waals surface area (Å²) in [4.78, 5) is 0. The maximum Gasteiger partial charge on any atom is 0.162 e. The molecule has 0 aliphatic carbocycles. The molecule has 0 unspecified atom stereocenters. The van der Waals surface area contributed by atoms with E-state index in [1.165, 1.54) is 0 Å². The minimum atomic E-state index is -0.523. The van der Waals surface area contributed by atoms with Crippen molar-refractivity contribution in [3.8, 4) is 11.5 Å². The van der Waals surface area contributed by atoms with Gasteiger partial charge in [-0.15, -0.1) is 0 Å².